The summed E-state index contributed by atoms with van der Waals surface area (Å²) in [6, 6.07) is 0.215. The Morgan fingerprint density at radius 3 is 2.21 bits per heavy atom. The fourth-order valence-electron chi connectivity index (χ4n) is 2.73. The van der Waals surface area contributed by atoms with Gasteiger partial charge in [-0.3, -0.25) is 9.69 Å². The van der Waals surface area contributed by atoms with Gasteiger partial charge in [-0.1, -0.05) is 13.8 Å². The first-order valence-corrected chi connectivity index (χ1v) is 7.21. The third kappa shape index (κ3) is 5.09. The van der Waals surface area contributed by atoms with Gasteiger partial charge in [0.05, 0.1) is 0 Å². The summed E-state index contributed by atoms with van der Waals surface area (Å²) in [4.78, 5) is 15.9. The summed E-state index contributed by atoms with van der Waals surface area (Å²) in [7, 11) is 0. The quantitative estimate of drug-likeness (QED) is 0.749. The molecule has 0 amide bonds. The third-order valence-electron chi connectivity index (χ3n) is 3.86. The molecule has 1 aliphatic heterocycles. The van der Waals surface area contributed by atoms with Crippen LogP contribution in [0.4, 0.5) is 0 Å². The first-order chi connectivity index (χ1) is 8.72. The summed E-state index contributed by atoms with van der Waals surface area (Å²) >= 11 is 0. The van der Waals surface area contributed by atoms with Crippen LogP contribution in [-0.4, -0.2) is 65.2 Å². The van der Waals surface area contributed by atoms with E-state index >= 15 is 0 Å². The molecule has 1 saturated heterocycles. The molecular weight excluding hydrogens is 242 g/mol. The van der Waals surface area contributed by atoms with Gasteiger partial charge in [-0.2, -0.15) is 0 Å². The number of piperazine rings is 1. The van der Waals surface area contributed by atoms with Crippen LogP contribution in [0.1, 0.15) is 34.1 Å². The zero-order valence-electron chi connectivity index (χ0n) is 12.7. The highest BCUT2D eigenvalue weighted by molar-refractivity contribution is 5.77. The largest absolute Gasteiger partial charge is 0.480 e. The predicted octanol–water partition coefficient (Wildman–Crippen LogP) is 0.841. The van der Waals surface area contributed by atoms with Crippen LogP contribution in [0.3, 0.4) is 0 Å². The molecule has 2 atom stereocenters. The van der Waals surface area contributed by atoms with Crippen LogP contribution in [0.25, 0.3) is 0 Å². The van der Waals surface area contributed by atoms with Gasteiger partial charge in [0.25, 0.3) is 0 Å². The number of carboxylic acids is 1. The van der Waals surface area contributed by atoms with Gasteiger partial charge in [0.2, 0.25) is 0 Å². The standard InChI is InChI=1S/C14H29N3O2/c1-11(2)10-16-5-7-17(8-6-16)12(3)9-14(4,15)13(18)19/h11-12H,5-10,15H2,1-4H3,(H,18,19). The van der Waals surface area contributed by atoms with Gasteiger partial charge in [0.1, 0.15) is 5.54 Å². The number of hydrogen-bond acceptors (Lipinski definition) is 4. The van der Waals surface area contributed by atoms with E-state index in [0.717, 1.165) is 32.7 Å². The topological polar surface area (TPSA) is 69.8 Å². The van der Waals surface area contributed by atoms with Crippen molar-refractivity contribution in [3.63, 3.8) is 0 Å². The minimum atomic E-state index is -1.13. The Balaban J connectivity index is 2.41. The predicted molar refractivity (Wildman–Crippen MR) is 77.2 cm³/mol. The van der Waals surface area contributed by atoms with Crippen LogP contribution in [-0.2, 0) is 4.79 Å². The van der Waals surface area contributed by atoms with Crippen molar-refractivity contribution in [1.82, 2.24) is 9.80 Å². The van der Waals surface area contributed by atoms with E-state index in [1.807, 2.05) is 0 Å². The smallest absolute Gasteiger partial charge is 0.323 e. The number of rotatable bonds is 6. The Kier molecular flexibility index (Phi) is 5.77. The Morgan fingerprint density at radius 1 is 1.26 bits per heavy atom. The molecule has 1 rings (SSSR count). The van der Waals surface area contributed by atoms with Gasteiger partial charge in [0, 0.05) is 38.8 Å². The molecule has 0 radical (unpaired) electrons. The Hall–Kier alpha value is -0.650. The molecule has 19 heavy (non-hydrogen) atoms. The Bertz CT molecular complexity index is 297. The number of carbonyl (C=O) groups is 1. The molecule has 1 heterocycles. The van der Waals surface area contributed by atoms with Crippen molar-refractivity contribution >= 4 is 5.97 Å². The third-order valence-corrected chi connectivity index (χ3v) is 3.86. The molecule has 1 aliphatic rings. The van der Waals surface area contributed by atoms with Crippen molar-refractivity contribution in [2.45, 2.75) is 45.7 Å². The molecule has 0 spiro atoms. The maximum absolute atomic E-state index is 11.1. The zero-order chi connectivity index (χ0) is 14.6. The van der Waals surface area contributed by atoms with Gasteiger partial charge < -0.3 is 15.7 Å². The van der Waals surface area contributed by atoms with E-state index in [1.54, 1.807) is 6.92 Å². The highest BCUT2D eigenvalue weighted by Gasteiger charge is 2.32. The lowest BCUT2D eigenvalue weighted by atomic mass is 9.94. The number of nitrogens with zero attached hydrogens (tertiary/aromatic N) is 2. The van der Waals surface area contributed by atoms with Crippen LogP contribution in [0.5, 0.6) is 0 Å². The summed E-state index contributed by atoms with van der Waals surface area (Å²) in [6.07, 6.45) is 0.493. The molecule has 0 bridgehead atoms. The lowest BCUT2D eigenvalue weighted by Crippen LogP contribution is -2.54. The van der Waals surface area contributed by atoms with E-state index in [9.17, 15) is 4.79 Å². The average molecular weight is 271 g/mol. The SMILES string of the molecule is CC(C)CN1CCN(C(C)CC(C)(N)C(=O)O)CC1. The normalized spacial score (nSPS) is 23.3. The van der Waals surface area contributed by atoms with Crippen molar-refractivity contribution in [2.24, 2.45) is 11.7 Å². The summed E-state index contributed by atoms with van der Waals surface area (Å²) < 4.78 is 0. The van der Waals surface area contributed by atoms with Crippen molar-refractivity contribution in [3.05, 3.63) is 0 Å². The van der Waals surface area contributed by atoms with E-state index in [1.165, 1.54) is 0 Å². The van der Waals surface area contributed by atoms with E-state index < -0.39 is 11.5 Å². The highest BCUT2D eigenvalue weighted by Crippen LogP contribution is 2.16. The van der Waals surface area contributed by atoms with Gasteiger partial charge in [0.15, 0.2) is 0 Å². The van der Waals surface area contributed by atoms with Gasteiger partial charge in [-0.05, 0) is 26.2 Å². The molecule has 0 aromatic heterocycles. The molecule has 1 fully saturated rings. The zero-order valence-corrected chi connectivity index (χ0v) is 12.7. The van der Waals surface area contributed by atoms with Crippen molar-refractivity contribution in [2.75, 3.05) is 32.7 Å². The number of hydrogen-bond donors (Lipinski definition) is 2. The maximum Gasteiger partial charge on any atom is 0.323 e. The van der Waals surface area contributed by atoms with E-state index in [2.05, 4.69) is 30.6 Å². The van der Waals surface area contributed by atoms with E-state index in [-0.39, 0.29) is 6.04 Å². The van der Waals surface area contributed by atoms with Gasteiger partial charge in [-0.15, -0.1) is 0 Å². The van der Waals surface area contributed by atoms with Crippen molar-refractivity contribution < 1.29 is 9.90 Å². The van der Waals surface area contributed by atoms with Crippen molar-refractivity contribution in [1.29, 1.82) is 0 Å². The number of carboxylic acid groups (broad SMARTS) is 1. The second-order valence-electron chi connectivity index (χ2n) is 6.51. The number of aliphatic carboxylic acids is 1. The van der Waals surface area contributed by atoms with Gasteiger partial charge >= 0.3 is 5.97 Å². The molecule has 112 valence electrons. The second kappa shape index (κ2) is 6.68. The fourth-order valence-corrected chi connectivity index (χ4v) is 2.73. The molecule has 5 nitrogen and oxygen atoms in total. The minimum absolute atomic E-state index is 0.215. The molecule has 0 aromatic carbocycles. The summed E-state index contributed by atoms with van der Waals surface area (Å²) in [5.74, 6) is -0.221. The summed E-state index contributed by atoms with van der Waals surface area (Å²) in [5, 5.41) is 9.08. The first-order valence-electron chi connectivity index (χ1n) is 7.21. The fraction of sp³-hybridized carbons (Fsp3) is 0.929. The lowest BCUT2D eigenvalue weighted by Gasteiger charge is -2.40. The molecule has 3 N–H and O–H groups in total. The van der Waals surface area contributed by atoms with E-state index in [0.29, 0.717) is 12.3 Å². The first kappa shape index (κ1) is 16.4. The Labute approximate surface area is 116 Å². The van der Waals surface area contributed by atoms with Gasteiger partial charge in [-0.25, -0.2) is 0 Å². The average Bonchev–Trinajstić information content (AvgIpc) is 2.28. The molecular formula is C14H29N3O2. The summed E-state index contributed by atoms with van der Waals surface area (Å²) in [5.41, 5.74) is 4.69. The van der Waals surface area contributed by atoms with Crippen LogP contribution in [0.2, 0.25) is 0 Å². The van der Waals surface area contributed by atoms with E-state index in [4.69, 9.17) is 10.8 Å². The highest BCUT2D eigenvalue weighted by atomic mass is 16.4. The lowest BCUT2D eigenvalue weighted by molar-refractivity contribution is -0.143. The number of nitrogens with two attached hydrogens (primary N) is 1. The molecule has 2 unspecified atom stereocenters. The monoisotopic (exact) mass is 271 g/mol. The van der Waals surface area contributed by atoms with Crippen LogP contribution >= 0.6 is 0 Å². The minimum Gasteiger partial charge on any atom is -0.480 e. The maximum atomic E-state index is 11.1. The molecule has 0 saturated carbocycles. The van der Waals surface area contributed by atoms with Crippen LogP contribution in [0.15, 0.2) is 0 Å². The second-order valence-corrected chi connectivity index (χ2v) is 6.51. The van der Waals surface area contributed by atoms with Crippen molar-refractivity contribution in [3.8, 4) is 0 Å². The molecule has 0 aromatic rings. The summed E-state index contributed by atoms with van der Waals surface area (Å²) in [6.45, 7) is 13.4. The van der Waals surface area contributed by atoms with Crippen LogP contribution < -0.4 is 5.73 Å². The molecule has 5 heteroatoms. The van der Waals surface area contributed by atoms with Crippen LogP contribution in [0, 0.1) is 5.92 Å². The molecule has 0 aliphatic carbocycles. The Morgan fingerprint density at radius 2 is 1.79 bits per heavy atom.